The molecule has 2 aromatic rings. The van der Waals surface area contributed by atoms with Crippen LogP contribution in [-0.4, -0.2) is 37.6 Å². The molecule has 3 rings (SSSR count). The van der Waals surface area contributed by atoms with Crippen molar-refractivity contribution in [2.75, 3.05) is 11.9 Å². The van der Waals surface area contributed by atoms with Crippen molar-refractivity contribution in [3.05, 3.63) is 57.4 Å². The van der Waals surface area contributed by atoms with Gasteiger partial charge in [-0.15, -0.1) is 0 Å². The van der Waals surface area contributed by atoms with Crippen LogP contribution < -0.4 is 5.32 Å². The second-order valence-corrected chi connectivity index (χ2v) is 6.97. The van der Waals surface area contributed by atoms with E-state index in [2.05, 4.69) is 5.32 Å². The van der Waals surface area contributed by atoms with E-state index in [0.29, 0.717) is 10.7 Å². The molecule has 0 radical (unpaired) electrons. The largest absolute Gasteiger partial charge is 0.506 e. The SMILES string of the molecule is O=C(CN1C(=O)/C(=C/c2ccco2)SC1=S)Nc1ccc([N+](=O)[O-])cc1O. The molecule has 9 nitrogen and oxygen atoms in total. The number of benzene rings is 1. The smallest absolute Gasteiger partial charge is 0.273 e. The fourth-order valence-corrected chi connectivity index (χ4v) is 3.45. The molecule has 0 spiro atoms. The van der Waals surface area contributed by atoms with Crippen molar-refractivity contribution >= 4 is 57.6 Å². The minimum atomic E-state index is -0.670. The molecule has 0 bridgehead atoms. The maximum atomic E-state index is 12.4. The zero-order valence-corrected chi connectivity index (χ0v) is 15.1. The van der Waals surface area contributed by atoms with Crippen LogP contribution in [0.15, 0.2) is 45.9 Å². The lowest BCUT2D eigenvalue weighted by molar-refractivity contribution is -0.384. The summed E-state index contributed by atoms with van der Waals surface area (Å²) in [6.07, 6.45) is 3.00. The molecule has 1 aromatic carbocycles. The number of non-ortho nitro benzene ring substituents is 1. The zero-order valence-electron chi connectivity index (χ0n) is 13.4. The third kappa shape index (κ3) is 4.15. The fourth-order valence-electron chi connectivity index (χ4n) is 2.21. The van der Waals surface area contributed by atoms with E-state index in [1.54, 1.807) is 12.1 Å². The van der Waals surface area contributed by atoms with Crippen LogP contribution >= 0.6 is 24.0 Å². The zero-order chi connectivity index (χ0) is 19.6. The molecule has 1 aliphatic rings. The number of anilines is 1. The highest BCUT2D eigenvalue weighted by molar-refractivity contribution is 8.26. The number of amides is 2. The lowest BCUT2D eigenvalue weighted by atomic mass is 10.2. The number of nitro groups is 1. The number of nitrogens with one attached hydrogen (secondary N) is 1. The Morgan fingerprint density at radius 1 is 1.44 bits per heavy atom. The Kier molecular flexibility index (Phi) is 5.23. The number of hydrogen-bond acceptors (Lipinski definition) is 8. The van der Waals surface area contributed by atoms with Crippen LogP contribution in [0.4, 0.5) is 11.4 Å². The summed E-state index contributed by atoms with van der Waals surface area (Å²) in [6.45, 7) is -0.364. The van der Waals surface area contributed by atoms with Crippen molar-refractivity contribution in [2.24, 2.45) is 0 Å². The molecule has 0 atom stereocenters. The second-order valence-electron chi connectivity index (χ2n) is 5.29. The molecule has 0 unspecified atom stereocenters. The molecule has 2 N–H and O–H groups in total. The number of thiocarbonyl (C=S) groups is 1. The van der Waals surface area contributed by atoms with Crippen LogP contribution in [0.2, 0.25) is 0 Å². The number of aromatic hydroxyl groups is 1. The van der Waals surface area contributed by atoms with Gasteiger partial charge in [0.15, 0.2) is 0 Å². The summed E-state index contributed by atoms with van der Waals surface area (Å²) < 4.78 is 5.36. The van der Waals surface area contributed by atoms with E-state index in [1.807, 2.05) is 0 Å². The Labute approximate surface area is 161 Å². The van der Waals surface area contributed by atoms with Gasteiger partial charge in [0.05, 0.1) is 27.8 Å². The first kappa shape index (κ1) is 18.6. The van der Waals surface area contributed by atoms with Gasteiger partial charge in [0.1, 0.15) is 22.4 Å². The molecule has 11 heteroatoms. The third-order valence-corrected chi connectivity index (χ3v) is 4.84. The average Bonchev–Trinajstić information content (AvgIpc) is 3.21. The van der Waals surface area contributed by atoms with E-state index in [-0.39, 0.29) is 22.2 Å². The number of phenols is 1. The monoisotopic (exact) mass is 405 g/mol. The van der Waals surface area contributed by atoms with E-state index < -0.39 is 22.5 Å². The first-order chi connectivity index (χ1) is 12.8. The normalized spacial score (nSPS) is 15.4. The van der Waals surface area contributed by atoms with Crippen LogP contribution in [-0.2, 0) is 9.59 Å². The molecule has 1 aliphatic heterocycles. The number of rotatable bonds is 5. The van der Waals surface area contributed by atoms with Gasteiger partial charge in [-0.3, -0.25) is 24.6 Å². The summed E-state index contributed by atoms with van der Waals surface area (Å²) in [4.78, 5) is 36.1. The highest BCUT2D eigenvalue weighted by Crippen LogP contribution is 2.33. The van der Waals surface area contributed by atoms with Crippen LogP contribution in [0.3, 0.4) is 0 Å². The summed E-state index contributed by atoms with van der Waals surface area (Å²) in [7, 11) is 0. The van der Waals surface area contributed by atoms with Crippen LogP contribution in [0.1, 0.15) is 5.76 Å². The number of nitrogens with zero attached hydrogens (tertiary/aromatic N) is 2. The van der Waals surface area contributed by atoms with E-state index in [4.69, 9.17) is 16.6 Å². The number of carbonyl (C=O) groups is 2. The second kappa shape index (κ2) is 7.60. The lowest BCUT2D eigenvalue weighted by Gasteiger charge is -2.14. The molecule has 1 saturated heterocycles. The quantitative estimate of drug-likeness (QED) is 0.256. The highest BCUT2D eigenvalue weighted by Gasteiger charge is 2.33. The molecular formula is C16H11N3O6S2. The van der Waals surface area contributed by atoms with Crippen molar-refractivity contribution in [2.45, 2.75) is 0 Å². The Morgan fingerprint density at radius 2 is 2.22 bits per heavy atom. The van der Waals surface area contributed by atoms with Crippen molar-refractivity contribution < 1.29 is 24.0 Å². The summed E-state index contributed by atoms with van der Waals surface area (Å²) >= 11 is 6.18. The molecule has 0 saturated carbocycles. The predicted octanol–water partition coefficient (Wildman–Crippen LogP) is 2.73. The van der Waals surface area contributed by atoms with Gasteiger partial charge < -0.3 is 14.8 Å². The van der Waals surface area contributed by atoms with Gasteiger partial charge in [-0.1, -0.05) is 24.0 Å². The fraction of sp³-hybridized carbons (Fsp3) is 0.0625. The lowest BCUT2D eigenvalue weighted by Crippen LogP contribution is -2.36. The van der Waals surface area contributed by atoms with E-state index in [0.717, 1.165) is 28.8 Å². The molecule has 2 amide bonds. The van der Waals surface area contributed by atoms with Crippen LogP contribution in [0.25, 0.3) is 6.08 Å². The highest BCUT2D eigenvalue weighted by atomic mass is 32.2. The molecule has 0 aliphatic carbocycles. The number of furan rings is 1. The third-order valence-electron chi connectivity index (χ3n) is 3.46. The van der Waals surface area contributed by atoms with E-state index in [9.17, 15) is 24.8 Å². The van der Waals surface area contributed by atoms with Gasteiger partial charge in [0.25, 0.3) is 11.6 Å². The molecule has 2 heterocycles. The Bertz CT molecular complexity index is 971. The molecule has 138 valence electrons. The van der Waals surface area contributed by atoms with Gasteiger partial charge in [-0.2, -0.15) is 0 Å². The molecule has 1 fully saturated rings. The maximum Gasteiger partial charge on any atom is 0.273 e. The Morgan fingerprint density at radius 3 is 2.85 bits per heavy atom. The molecule has 27 heavy (non-hydrogen) atoms. The molecular weight excluding hydrogens is 394 g/mol. The topological polar surface area (TPSA) is 126 Å². The summed E-state index contributed by atoms with van der Waals surface area (Å²) in [6, 6.07) is 6.61. The van der Waals surface area contributed by atoms with Gasteiger partial charge in [-0.25, -0.2) is 0 Å². The van der Waals surface area contributed by atoms with E-state index >= 15 is 0 Å². The van der Waals surface area contributed by atoms with E-state index in [1.165, 1.54) is 18.4 Å². The molecule has 1 aromatic heterocycles. The Balaban J connectivity index is 1.68. The minimum Gasteiger partial charge on any atom is -0.506 e. The average molecular weight is 405 g/mol. The van der Waals surface area contributed by atoms with Crippen molar-refractivity contribution in [3.8, 4) is 5.75 Å². The standard InChI is InChI=1S/C16H11N3O6S2/c20-12-6-9(19(23)24)3-4-11(12)17-14(21)8-18-15(22)13(27-16(18)26)7-10-2-1-5-25-10/h1-7,20H,8H2,(H,17,21)/b13-7-. The number of hydrogen-bond donors (Lipinski definition) is 2. The van der Waals surface area contributed by atoms with Gasteiger partial charge in [-0.05, 0) is 18.2 Å². The first-order valence-electron chi connectivity index (χ1n) is 7.41. The van der Waals surface area contributed by atoms with Crippen molar-refractivity contribution in [3.63, 3.8) is 0 Å². The number of thioether (sulfide) groups is 1. The first-order valence-corrected chi connectivity index (χ1v) is 8.64. The van der Waals surface area contributed by atoms with Crippen LogP contribution in [0, 0.1) is 10.1 Å². The maximum absolute atomic E-state index is 12.4. The van der Waals surface area contributed by atoms with Crippen LogP contribution in [0.5, 0.6) is 5.75 Å². The number of nitro benzene ring substituents is 1. The number of phenolic OH excluding ortho intramolecular Hbond substituents is 1. The summed E-state index contributed by atoms with van der Waals surface area (Å²) in [5.74, 6) is -1.03. The van der Waals surface area contributed by atoms with Gasteiger partial charge in [0, 0.05) is 12.1 Å². The number of carbonyl (C=O) groups excluding carboxylic acids is 2. The van der Waals surface area contributed by atoms with Crippen molar-refractivity contribution in [1.29, 1.82) is 0 Å². The predicted molar refractivity (Wildman–Crippen MR) is 102 cm³/mol. The minimum absolute atomic E-state index is 0.0119. The Hall–Kier alpha value is -3.18. The van der Waals surface area contributed by atoms with Gasteiger partial charge in [0.2, 0.25) is 5.91 Å². The van der Waals surface area contributed by atoms with Gasteiger partial charge >= 0.3 is 0 Å². The van der Waals surface area contributed by atoms with Crippen molar-refractivity contribution in [1.82, 2.24) is 4.90 Å². The summed E-state index contributed by atoms with van der Waals surface area (Å²) in [5.41, 5.74) is -0.326. The summed E-state index contributed by atoms with van der Waals surface area (Å²) in [5, 5.41) is 22.9.